The van der Waals surface area contributed by atoms with Gasteiger partial charge < -0.3 is 9.80 Å². The first-order valence-corrected chi connectivity index (χ1v) is 12.9. The van der Waals surface area contributed by atoms with Gasteiger partial charge in [-0.25, -0.2) is 9.97 Å². The van der Waals surface area contributed by atoms with Crippen molar-refractivity contribution < 1.29 is 4.79 Å². The normalized spacial score (nSPS) is 16.4. The molecule has 3 heterocycles. The standard InChI is InChI=1S/C25H29ClN4OS/c1-2-3-11-21-27-23(22-19-9-4-5-10-20(19)32-24(22)28-21)29-12-14-30(15-13-29)25(31)17-7-6-8-18(26)16-17/h6-8,16H,2-5,9-15H2,1H3. The molecular formula is C25H29ClN4OS. The smallest absolute Gasteiger partial charge is 0.254 e. The van der Waals surface area contributed by atoms with Gasteiger partial charge in [-0.2, -0.15) is 0 Å². The van der Waals surface area contributed by atoms with E-state index in [4.69, 9.17) is 21.6 Å². The average molecular weight is 469 g/mol. The van der Waals surface area contributed by atoms with Gasteiger partial charge in [0.1, 0.15) is 16.5 Å². The van der Waals surface area contributed by atoms with Gasteiger partial charge in [-0.3, -0.25) is 4.79 Å². The second-order valence-corrected chi connectivity index (χ2v) is 10.3. The third-order valence-electron chi connectivity index (χ3n) is 6.53. The highest BCUT2D eigenvalue weighted by atomic mass is 35.5. The predicted molar refractivity (Wildman–Crippen MR) is 132 cm³/mol. The van der Waals surface area contributed by atoms with Crippen LogP contribution >= 0.6 is 22.9 Å². The van der Waals surface area contributed by atoms with Crippen LogP contribution in [0, 0.1) is 0 Å². The van der Waals surface area contributed by atoms with Crippen molar-refractivity contribution in [3.8, 4) is 0 Å². The fraction of sp³-hybridized carbons (Fsp3) is 0.480. The van der Waals surface area contributed by atoms with Crippen LogP contribution in [0.3, 0.4) is 0 Å². The minimum atomic E-state index is 0.0523. The topological polar surface area (TPSA) is 49.3 Å². The Kier molecular flexibility index (Phi) is 6.33. The zero-order valence-electron chi connectivity index (χ0n) is 18.6. The molecule has 2 aromatic heterocycles. The van der Waals surface area contributed by atoms with Gasteiger partial charge in [0.25, 0.3) is 5.91 Å². The van der Waals surface area contributed by atoms with Crippen LogP contribution in [0.25, 0.3) is 10.2 Å². The summed E-state index contributed by atoms with van der Waals surface area (Å²) < 4.78 is 0. The number of thiophene rings is 1. The molecule has 1 aliphatic heterocycles. The molecule has 168 valence electrons. The van der Waals surface area contributed by atoms with Gasteiger partial charge in [-0.1, -0.05) is 31.0 Å². The lowest BCUT2D eigenvalue weighted by molar-refractivity contribution is 0.0746. The number of unbranched alkanes of at least 4 members (excludes halogenated alkanes) is 1. The highest BCUT2D eigenvalue weighted by Crippen LogP contribution is 2.40. The number of aromatic nitrogens is 2. The quantitative estimate of drug-likeness (QED) is 0.494. The molecule has 0 atom stereocenters. The lowest BCUT2D eigenvalue weighted by atomic mass is 9.96. The summed E-state index contributed by atoms with van der Waals surface area (Å²) in [6.07, 6.45) is 8.00. The molecule has 0 radical (unpaired) electrons. The van der Waals surface area contributed by atoms with Crippen molar-refractivity contribution in [3.63, 3.8) is 0 Å². The third-order valence-corrected chi connectivity index (χ3v) is 7.95. The van der Waals surface area contributed by atoms with Gasteiger partial charge in [-0.05, 0) is 55.9 Å². The number of carbonyl (C=O) groups excluding carboxylic acids is 1. The van der Waals surface area contributed by atoms with E-state index in [-0.39, 0.29) is 5.91 Å². The van der Waals surface area contributed by atoms with Gasteiger partial charge in [0.15, 0.2) is 0 Å². The van der Waals surface area contributed by atoms with Crippen molar-refractivity contribution >= 4 is 44.9 Å². The summed E-state index contributed by atoms with van der Waals surface area (Å²) in [5, 5.41) is 1.87. The Morgan fingerprint density at radius 3 is 2.72 bits per heavy atom. The van der Waals surface area contributed by atoms with Crippen molar-refractivity contribution in [2.75, 3.05) is 31.1 Å². The molecule has 1 amide bonds. The van der Waals surface area contributed by atoms with Gasteiger partial charge in [0, 0.05) is 48.1 Å². The first-order chi connectivity index (χ1) is 15.6. The van der Waals surface area contributed by atoms with Crippen LogP contribution in [-0.2, 0) is 19.3 Å². The van der Waals surface area contributed by atoms with Crippen molar-refractivity contribution in [1.82, 2.24) is 14.9 Å². The molecule has 1 fully saturated rings. The number of hydrogen-bond acceptors (Lipinski definition) is 5. The van der Waals surface area contributed by atoms with E-state index in [1.807, 2.05) is 28.4 Å². The first kappa shape index (κ1) is 21.7. The Morgan fingerprint density at radius 1 is 1.12 bits per heavy atom. The number of halogens is 1. The second kappa shape index (κ2) is 9.36. The Balaban J connectivity index is 1.42. The van der Waals surface area contributed by atoms with Crippen molar-refractivity contribution in [2.45, 2.75) is 51.9 Å². The van der Waals surface area contributed by atoms with E-state index < -0.39 is 0 Å². The first-order valence-electron chi connectivity index (χ1n) is 11.7. The average Bonchev–Trinajstić information content (AvgIpc) is 3.20. The van der Waals surface area contributed by atoms with Crippen LogP contribution < -0.4 is 4.90 Å². The van der Waals surface area contributed by atoms with Crippen LogP contribution in [0.5, 0.6) is 0 Å². The monoisotopic (exact) mass is 468 g/mol. The summed E-state index contributed by atoms with van der Waals surface area (Å²) in [4.78, 5) is 30.0. The number of benzene rings is 1. The van der Waals surface area contributed by atoms with Crippen LogP contribution in [0.2, 0.25) is 5.02 Å². The molecule has 0 spiro atoms. The number of fused-ring (bicyclic) bond motifs is 3. The summed E-state index contributed by atoms with van der Waals surface area (Å²) in [6, 6.07) is 7.23. The van der Waals surface area contributed by atoms with Crippen LogP contribution in [0.15, 0.2) is 24.3 Å². The molecular weight excluding hydrogens is 440 g/mol. The van der Waals surface area contributed by atoms with Gasteiger partial charge in [0.2, 0.25) is 0 Å². The van der Waals surface area contributed by atoms with Crippen LogP contribution in [0.4, 0.5) is 5.82 Å². The molecule has 1 aliphatic carbocycles. The number of amides is 1. The summed E-state index contributed by atoms with van der Waals surface area (Å²) in [5.74, 6) is 2.11. The highest BCUT2D eigenvalue weighted by molar-refractivity contribution is 7.19. The fourth-order valence-electron chi connectivity index (χ4n) is 4.78. The van der Waals surface area contributed by atoms with Crippen LogP contribution in [-0.4, -0.2) is 47.0 Å². The minimum Gasteiger partial charge on any atom is -0.352 e. The Bertz CT molecular complexity index is 1140. The Hall–Kier alpha value is -2.18. The van der Waals surface area contributed by atoms with Crippen molar-refractivity contribution in [3.05, 3.63) is 51.1 Å². The summed E-state index contributed by atoms with van der Waals surface area (Å²) in [6.45, 7) is 5.16. The van der Waals surface area contributed by atoms with E-state index in [2.05, 4.69) is 11.8 Å². The number of rotatable bonds is 5. The van der Waals surface area contributed by atoms with Crippen molar-refractivity contribution in [2.24, 2.45) is 0 Å². The largest absolute Gasteiger partial charge is 0.352 e. The highest BCUT2D eigenvalue weighted by Gasteiger charge is 2.27. The molecule has 3 aromatic rings. The minimum absolute atomic E-state index is 0.0523. The zero-order chi connectivity index (χ0) is 22.1. The summed E-state index contributed by atoms with van der Waals surface area (Å²) in [7, 11) is 0. The van der Waals surface area contributed by atoms with Crippen molar-refractivity contribution in [1.29, 1.82) is 0 Å². The predicted octanol–water partition coefficient (Wildman–Crippen LogP) is 5.53. The summed E-state index contributed by atoms with van der Waals surface area (Å²) in [5.41, 5.74) is 2.13. The number of hydrogen-bond donors (Lipinski definition) is 0. The molecule has 0 N–H and O–H groups in total. The van der Waals surface area contributed by atoms with E-state index in [1.165, 1.54) is 35.1 Å². The molecule has 1 saturated heterocycles. The fourth-order valence-corrected chi connectivity index (χ4v) is 6.25. The molecule has 5 nitrogen and oxygen atoms in total. The number of piperazine rings is 1. The molecule has 0 unspecified atom stereocenters. The van der Waals surface area contributed by atoms with Gasteiger partial charge in [-0.15, -0.1) is 11.3 Å². The molecule has 32 heavy (non-hydrogen) atoms. The molecule has 5 rings (SSSR count). The molecule has 0 bridgehead atoms. The Morgan fingerprint density at radius 2 is 1.94 bits per heavy atom. The van der Waals surface area contributed by atoms with E-state index >= 15 is 0 Å². The number of anilines is 1. The molecule has 1 aromatic carbocycles. The van der Waals surface area contributed by atoms with E-state index in [0.717, 1.165) is 55.2 Å². The summed E-state index contributed by atoms with van der Waals surface area (Å²) >= 11 is 7.97. The van der Waals surface area contributed by atoms with E-state index in [0.29, 0.717) is 23.7 Å². The van der Waals surface area contributed by atoms with Crippen LogP contribution in [0.1, 0.15) is 59.2 Å². The maximum Gasteiger partial charge on any atom is 0.254 e. The van der Waals surface area contributed by atoms with Gasteiger partial charge >= 0.3 is 0 Å². The molecule has 2 aliphatic rings. The van der Waals surface area contributed by atoms with Gasteiger partial charge in [0.05, 0.1) is 5.39 Å². The number of aryl methyl sites for hydroxylation is 3. The SMILES string of the molecule is CCCCc1nc(N2CCN(C(=O)c3cccc(Cl)c3)CC2)c2c3c(sc2n1)CCCC3. The number of carbonyl (C=O) groups is 1. The maximum atomic E-state index is 13.0. The lowest BCUT2D eigenvalue weighted by Gasteiger charge is -2.36. The Labute approximate surface area is 198 Å². The molecule has 7 heteroatoms. The molecule has 0 saturated carbocycles. The third kappa shape index (κ3) is 4.23. The maximum absolute atomic E-state index is 13.0. The lowest BCUT2D eigenvalue weighted by Crippen LogP contribution is -2.49. The van der Waals surface area contributed by atoms with E-state index in [9.17, 15) is 4.79 Å². The zero-order valence-corrected chi connectivity index (χ0v) is 20.1. The second-order valence-electron chi connectivity index (χ2n) is 8.75. The van der Waals surface area contributed by atoms with E-state index in [1.54, 1.807) is 12.1 Å². The number of nitrogens with zero attached hydrogens (tertiary/aromatic N) is 4.